The zero-order valence-corrected chi connectivity index (χ0v) is 8.26. The Hall–Kier alpha value is -0.500. The predicted octanol–water partition coefficient (Wildman–Crippen LogP) is 2.98. The molecule has 1 heterocycles. The summed E-state index contributed by atoms with van der Waals surface area (Å²) in [6.07, 6.45) is 1.38. The van der Waals surface area contributed by atoms with E-state index in [1.807, 2.05) is 0 Å². The van der Waals surface area contributed by atoms with Gasteiger partial charge in [0.05, 0.1) is 0 Å². The zero-order valence-electron chi connectivity index (χ0n) is 6.68. The highest BCUT2D eigenvalue weighted by Gasteiger charge is 2.43. The van der Waals surface area contributed by atoms with Gasteiger partial charge in [0.25, 0.3) is 0 Å². The molecular weight excluding hydrogens is 214 g/mol. The fourth-order valence-corrected chi connectivity index (χ4v) is 2.80. The molecular formula is C10H10BrN. The van der Waals surface area contributed by atoms with Crippen LogP contribution in [0.5, 0.6) is 0 Å². The van der Waals surface area contributed by atoms with Crippen LogP contribution in [0.15, 0.2) is 22.7 Å². The van der Waals surface area contributed by atoms with Crippen molar-refractivity contribution in [2.45, 2.75) is 12.3 Å². The van der Waals surface area contributed by atoms with Gasteiger partial charge in [0.15, 0.2) is 0 Å². The number of benzene rings is 1. The van der Waals surface area contributed by atoms with Crippen LogP contribution >= 0.6 is 15.9 Å². The summed E-state index contributed by atoms with van der Waals surface area (Å²) in [7, 11) is 0. The second kappa shape index (κ2) is 2.25. The number of hydrogen-bond acceptors (Lipinski definition) is 1. The summed E-state index contributed by atoms with van der Waals surface area (Å²) in [4.78, 5) is 0. The van der Waals surface area contributed by atoms with Crippen LogP contribution in [0.25, 0.3) is 0 Å². The third kappa shape index (κ3) is 0.845. The molecule has 0 saturated heterocycles. The minimum absolute atomic E-state index is 0.844. The highest BCUT2D eigenvalue weighted by molar-refractivity contribution is 9.10. The quantitative estimate of drug-likeness (QED) is 0.714. The van der Waals surface area contributed by atoms with Crippen molar-refractivity contribution in [3.63, 3.8) is 0 Å². The maximum atomic E-state index is 3.61. The number of halogens is 1. The molecule has 1 aliphatic heterocycles. The van der Waals surface area contributed by atoms with E-state index >= 15 is 0 Å². The van der Waals surface area contributed by atoms with Crippen LogP contribution in [-0.4, -0.2) is 6.54 Å². The lowest BCUT2D eigenvalue weighted by Gasteiger charge is -2.18. The largest absolute Gasteiger partial charge is 0.384 e. The molecule has 0 bridgehead atoms. The van der Waals surface area contributed by atoms with Crippen molar-refractivity contribution >= 4 is 21.6 Å². The number of fused-ring (bicyclic) bond motifs is 3. The fourth-order valence-electron chi connectivity index (χ4n) is 2.14. The molecule has 3 rings (SSSR count). The first-order valence-corrected chi connectivity index (χ1v) is 5.18. The molecule has 62 valence electrons. The molecule has 0 spiro atoms. The number of nitrogens with one attached hydrogen (secondary N) is 1. The highest BCUT2D eigenvalue weighted by Crippen LogP contribution is 2.54. The molecule has 2 aliphatic rings. The summed E-state index contributed by atoms with van der Waals surface area (Å²) in [5, 5.41) is 3.46. The van der Waals surface area contributed by atoms with E-state index in [1.54, 1.807) is 0 Å². The van der Waals surface area contributed by atoms with Crippen LogP contribution in [0.4, 0.5) is 5.69 Å². The van der Waals surface area contributed by atoms with Crippen LogP contribution in [0.2, 0.25) is 0 Å². The highest BCUT2D eigenvalue weighted by atomic mass is 79.9. The zero-order chi connectivity index (χ0) is 8.13. The summed E-state index contributed by atoms with van der Waals surface area (Å²) in [6.45, 7) is 1.17. The Morgan fingerprint density at radius 3 is 3.25 bits per heavy atom. The van der Waals surface area contributed by atoms with Gasteiger partial charge in [0.2, 0.25) is 0 Å². The second-order valence-electron chi connectivity index (χ2n) is 3.68. The lowest BCUT2D eigenvalue weighted by molar-refractivity contribution is 0.814. The molecule has 0 amide bonds. The van der Waals surface area contributed by atoms with Gasteiger partial charge in [-0.25, -0.2) is 0 Å². The van der Waals surface area contributed by atoms with Crippen LogP contribution in [0.3, 0.4) is 0 Å². The van der Waals surface area contributed by atoms with Gasteiger partial charge in [-0.3, -0.25) is 0 Å². The Labute approximate surface area is 80.3 Å². The number of rotatable bonds is 0. The first-order chi connectivity index (χ1) is 5.86. The Balaban J connectivity index is 2.19. The van der Waals surface area contributed by atoms with Crippen LogP contribution < -0.4 is 5.32 Å². The molecule has 1 fully saturated rings. The fraction of sp³-hybridized carbons (Fsp3) is 0.400. The third-order valence-corrected chi connectivity index (χ3v) is 3.59. The van der Waals surface area contributed by atoms with Crippen LogP contribution in [0.1, 0.15) is 17.9 Å². The standard InChI is InChI=1S/C10H10BrN/c11-8-2-1-3-9-10(8)7-4-6(7)5-12-9/h1-3,6-7,12H,4-5H2. The Bertz CT molecular complexity index is 335. The number of hydrogen-bond donors (Lipinski definition) is 1. The van der Waals surface area contributed by atoms with Crippen molar-refractivity contribution in [1.82, 2.24) is 0 Å². The summed E-state index contributed by atoms with van der Waals surface area (Å²) >= 11 is 3.61. The maximum Gasteiger partial charge on any atom is 0.0387 e. The summed E-state index contributed by atoms with van der Waals surface area (Å²) in [5.74, 6) is 1.76. The normalized spacial score (nSPS) is 30.1. The molecule has 1 aromatic rings. The molecule has 12 heavy (non-hydrogen) atoms. The number of anilines is 1. The second-order valence-corrected chi connectivity index (χ2v) is 4.54. The summed E-state index contributed by atoms with van der Waals surface area (Å²) < 4.78 is 1.28. The minimum Gasteiger partial charge on any atom is -0.384 e. The Morgan fingerprint density at radius 2 is 2.33 bits per heavy atom. The van der Waals surface area contributed by atoms with Crippen molar-refractivity contribution in [2.75, 3.05) is 11.9 Å². The van der Waals surface area contributed by atoms with Crippen LogP contribution in [0, 0.1) is 5.92 Å². The summed E-state index contributed by atoms with van der Waals surface area (Å²) in [5.41, 5.74) is 2.84. The SMILES string of the molecule is Brc1cccc2c1C1CC1CN2. The van der Waals surface area contributed by atoms with E-state index < -0.39 is 0 Å². The first kappa shape index (κ1) is 6.96. The van der Waals surface area contributed by atoms with E-state index in [4.69, 9.17) is 0 Å². The average Bonchev–Trinajstić information content (AvgIpc) is 2.82. The topological polar surface area (TPSA) is 12.0 Å². The van der Waals surface area contributed by atoms with Gasteiger partial charge < -0.3 is 5.32 Å². The molecule has 0 aromatic heterocycles. The smallest absolute Gasteiger partial charge is 0.0387 e. The van der Waals surface area contributed by atoms with Crippen molar-refractivity contribution in [3.8, 4) is 0 Å². The van der Waals surface area contributed by atoms with Gasteiger partial charge in [0.1, 0.15) is 0 Å². The molecule has 1 saturated carbocycles. The van der Waals surface area contributed by atoms with Gasteiger partial charge in [-0.05, 0) is 36.0 Å². The lowest BCUT2D eigenvalue weighted by atomic mass is 10.0. The Kier molecular flexibility index (Phi) is 1.31. The average molecular weight is 224 g/mol. The predicted molar refractivity (Wildman–Crippen MR) is 53.5 cm³/mol. The first-order valence-electron chi connectivity index (χ1n) is 4.38. The lowest BCUT2D eigenvalue weighted by Crippen LogP contribution is -2.11. The molecule has 0 radical (unpaired) electrons. The van der Waals surface area contributed by atoms with Crippen molar-refractivity contribution in [3.05, 3.63) is 28.2 Å². The van der Waals surface area contributed by atoms with E-state index in [0.717, 1.165) is 11.8 Å². The van der Waals surface area contributed by atoms with Gasteiger partial charge in [-0.2, -0.15) is 0 Å². The van der Waals surface area contributed by atoms with Crippen molar-refractivity contribution < 1.29 is 0 Å². The molecule has 1 nitrogen and oxygen atoms in total. The summed E-state index contributed by atoms with van der Waals surface area (Å²) in [6, 6.07) is 6.41. The van der Waals surface area contributed by atoms with E-state index in [-0.39, 0.29) is 0 Å². The molecule has 2 atom stereocenters. The van der Waals surface area contributed by atoms with E-state index in [0.29, 0.717) is 0 Å². The Morgan fingerprint density at radius 1 is 1.42 bits per heavy atom. The van der Waals surface area contributed by atoms with E-state index in [2.05, 4.69) is 39.4 Å². The van der Waals surface area contributed by atoms with Gasteiger partial charge in [-0.15, -0.1) is 0 Å². The van der Waals surface area contributed by atoms with Gasteiger partial charge in [0, 0.05) is 16.7 Å². The van der Waals surface area contributed by atoms with Crippen molar-refractivity contribution in [2.24, 2.45) is 5.92 Å². The van der Waals surface area contributed by atoms with E-state index in [9.17, 15) is 0 Å². The monoisotopic (exact) mass is 223 g/mol. The minimum atomic E-state index is 0.844. The molecule has 2 unspecified atom stereocenters. The molecule has 2 heteroatoms. The maximum absolute atomic E-state index is 3.61. The molecule has 1 aromatic carbocycles. The molecule has 1 aliphatic carbocycles. The van der Waals surface area contributed by atoms with Crippen LogP contribution in [-0.2, 0) is 0 Å². The molecule has 1 N–H and O–H groups in total. The van der Waals surface area contributed by atoms with E-state index in [1.165, 1.54) is 28.7 Å². The van der Waals surface area contributed by atoms with Gasteiger partial charge in [-0.1, -0.05) is 22.0 Å². The van der Waals surface area contributed by atoms with Gasteiger partial charge >= 0.3 is 0 Å². The van der Waals surface area contributed by atoms with Crippen molar-refractivity contribution in [1.29, 1.82) is 0 Å². The third-order valence-electron chi connectivity index (χ3n) is 2.90.